The summed E-state index contributed by atoms with van der Waals surface area (Å²) < 4.78 is 0. The molecule has 0 unspecified atom stereocenters. The lowest BCUT2D eigenvalue weighted by Crippen LogP contribution is -2.46. The fourth-order valence-electron chi connectivity index (χ4n) is 3.18. The second-order valence-corrected chi connectivity index (χ2v) is 7.36. The largest absolute Gasteiger partial charge is 0.355 e. The third-order valence-corrected chi connectivity index (χ3v) is 5.37. The highest BCUT2D eigenvalue weighted by molar-refractivity contribution is 7.09. The number of aryl methyl sites for hydroxylation is 1. The zero-order valence-electron chi connectivity index (χ0n) is 14.5. The second-order valence-electron chi connectivity index (χ2n) is 6.29. The van der Waals surface area contributed by atoms with Gasteiger partial charge in [-0.15, -0.1) is 11.3 Å². The van der Waals surface area contributed by atoms with Gasteiger partial charge < -0.3 is 5.32 Å². The molecule has 1 N–H and O–H groups in total. The van der Waals surface area contributed by atoms with E-state index in [0.717, 1.165) is 42.4 Å². The Balaban J connectivity index is 1.75. The Labute approximate surface area is 147 Å². The number of aromatic nitrogens is 1. The number of hydrogen-bond donors (Lipinski definition) is 1. The minimum absolute atomic E-state index is 0.0369. The molecular weight excluding hydrogens is 320 g/mol. The fourth-order valence-corrected chi connectivity index (χ4v) is 3.78. The van der Waals surface area contributed by atoms with Gasteiger partial charge in [-0.2, -0.15) is 0 Å². The van der Waals surface area contributed by atoms with Crippen molar-refractivity contribution in [1.82, 2.24) is 20.1 Å². The van der Waals surface area contributed by atoms with Crippen molar-refractivity contribution in [2.45, 2.75) is 19.5 Å². The molecule has 1 atom stereocenters. The normalized spacial score (nSPS) is 19.4. The Bertz CT molecular complexity index is 715. The Morgan fingerprint density at radius 3 is 2.96 bits per heavy atom. The molecule has 1 aromatic heterocycles. The predicted octanol–water partition coefficient (Wildman–Crippen LogP) is 2.30. The third-order valence-electron chi connectivity index (χ3n) is 4.54. The van der Waals surface area contributed by atoms with Crippen molar-refractivity contribution in [2.75, 3.05) is 33.7 Å². The van der Waals surface area contributed by atoms with E-state index < -0.39 is 0 Å². The number of nitrogens with zero attached hydrogens (tertiary/aromatic N) is 3. The van der Waals surface area contributed by atoms with Gasteiger partial charge in [-0.25, -0.2) is 4.98 Å². The highest BCUT2D eigenvalue weighted by Crippen LogP contribution is 2.26. The van der Waals surface area contributed by atoms with Crippen molar-refractivity contribution in [3.8, 4) is 0 Å². The van der Waals surface area contributed by atoms with E-state index >= 15 is 0 Å². The minimum atomic E-state index is -0.0369. The van der Waals surface area contributed by atoms with Crippen LogP contribution >= 0.6 is 11.3 Å². The van der Waals surface area contributed by atoms with Gasteiger partial charge in [0.05, 0.1) is 10.7 Å². The monoisotopic (exact) mass is 344 g/mol. The zero-order chi connectivity index (χ0) is 17.1. The number of hydrogen-bond acceptors (Lipinski definition) is 5. The van der Waals surface area contributed by atoms with Crippen LogP contribution in [0.1, 0.15) is 32.7 Å². The number of amides is 1. The average molecular weight is 344 g/mol. The molecule has 1 amide bonds. The van der Waals surface area contributed by atoms with E-state index in [1.165, 1.54) is 5.56 Å². The van der Waals surface area contributed by atoms with Gasteiger partial charge >= 0.3 is 0 Å². The van der Waals surface area contributed by atoms with Crippen LogP contribution in [0, 0.1) is 6.92 Å². The Morgan fingerprint density at radius 1 is 1.42 bits per heavy atom. The van der Waals surface area contributed by atoms with Crippen molar-refractivity contribution in [3.63, 3.8) is 0 Å². The molecule has 1 aliphatic rings. The van der Waals surface area contributed by atoms with E-state index in [9.17, 15) is 4.79 Å². The summed E-state index contributed by atoms with van der Waals surface area (Å²) in [5.41, 5.74) is 3.06. The number of likely N-dealkylation sites (N-methyl/N-ethyl adjacent to an activating group) is 1. The molecule has 2 heterocycles. The van der Waals surface area contributed by atoms with Crippen LogP contribution in [0.3, 0.4) is 0 Å². The van der Waals surface area contributed by atoms with Gasteiger partial charge in [0.15, 0.2) is 0 Å². The predicted molar refractivity (Wildman–Crippen MR) is 97.3 cm³/mol. The maximum absolute atomic E-state index is 11.9. The molecule has 0 aliphatic carbocycles. The van der Waals surface area contributed by atoms with Gasteiger partial charge in [-0.05, 0) is 31.7 Å². The average Bonchev–Trinajstić information content (AvgIpc) is 3.01. The lowest BCUT2D eigenvalue weighted by molar-refractivity contribution is 0.0894. The summed E-state index contributed by atoms with van der Waals surface area (Å²) in [4.78, 5) is 21.3. The quantitative estimate of drug-likeness (QED) is 0.925. The molecule has 1 fully saturated rings. The summed E-state index contributed by atoms with van der Waals surface area (Å²) in [5, 5.41) is 5.96. The van der Waals surface area contributed by atoms with E-state index in [4.69, 9.17) is 0 Å². The van der Waals surface area contributed by atoms with Crippen molar-refractivity contribution >= 4 is 17.2 Å². The molecule has 0 radical (unpaired) electrons. The molecule has 24 heavy (non-hydrogen) atoms. The second kappa shape index (κ2) is 7.42. The van der Waals surface area contributed by atoms with Crippen LogP contribution in [0.5, 0.6) is 0 Å². The van der Waals surface area contributed by atoms with Gasteiger partial charge in [-0.3, -0.25) is 14.6 Å². The van der Waals surface area contributed by atoms with Crippen LogP contribution < -0.4 is 5.32 Å². The first-order valence-electron chi connectivity index (χ1n) is 8.22. The number of rotatable bonds is 4. The van der Waals surface area contributed by atoms with Gasteiger partial charge in [0.25, 0.3) is 5.91 Å². The molecule has 5 nitrogen and oxygen atoms in total. The van der Waals surface area contributed by atoms with Gasteiger partial charge in [0.2, 0.25) is 0 Å². The zero-order valence-corrected chi connectivity index (χ0v) is 15.3. The number of carbonyl (C=O) groups is 1. The van der Waals surface area contributed by atoms with Crippen molar-refractivity contribution in [2.24, 2.45) is 0 Å². The lowest BCUT2D eigenvalue weighted by atomic mass is 10.00. The Morgan fingerprint density at radius 2 is 2.25 bits per heavy atom. The number of nitrogens with one attached hydrogen (secondary N) is 1. The first kappa shape index (κ1) is 17.1. The summed E-state index contributed by atoms with van der Waals surface area (Å²) in [7, 11) is 3.82. The van der Waals surface area contributed by atoms with E-state index in [-0.39, 0.29) is 5.91 Å². The molecule has 3 rings (SSSR count). The van der Waals surface area contributed by atoms with Crippen LogP contribution in [-0.2, 0) is 6.54 Å². The number of thiazole rings is 1. The van der Waals surface area contributed by atoms with Gasteiger partial charge in [0.1, 0.15) is 0 Å². The highest BCUT2D eigenvalue weighted by Gasteiger charge is 2.26. The van der Waals surface area contributed by atoms with Crippen LogP contribution in [0.4, 0.5) is 0 Å². The first-order chi connectivity index (χ1) is 11.6. The summed E-state index contributed by atoms with van der Waals surface area (Å²) >= 11 is 1.71. The van der Waals surface area contributed by atoms with Gasteiger partial charge in [0, 0.05) is 50.2 Å². The van der Waals surface area contributed by atoms with Crippen molar-refractivity contribution in [1.29, 1.82) is 0 Å². The number of benzene rings is 1. The summed E-state index contributed by atoms with van der Waals surface area (Å²) in [6.07, 6.45) is 0. The number of carbonyl (C=O) groups excluding carboxylic acids is 1. The number of piperazine rings is 1. The molecule has 2 aromatic rings. The van der Waals surface area contributed by atoms with Crippen LogP contribution in [-0.4, -0.2) is 54.4 Å². The van der Waals surface area contributed by atoms with Crippen molar-refractivity contribution in [3.05, 3.63) is 51.5 Å². The molecule has 0 saturated carbocycles. The SMILES string of the molecule is CNC(=O)c1cccc([C@@H]2CN(Cc3csc(C)n3)CCN2C)c1. The first-order valence-corrected chi connectivity index (χ1v) is 9.10. The molecule has 1 aromatic carbocycles. The Hall–Kier alpha value is -1.76. The molecular formula is C18H24N4OS. The van der Waals surface area contributed by atoms with E-state index in [0.29, 0.717) is 6.04 Å². The third kappa shape index (κ3) is 3.83. The van der Waals surface area contributed by atoms with E-state index in [1.54, 1.807) is 18.4 Å². The molecule has 128 valence electrons. The van der Waals surface area contributed by atoms with Gasteiger partial charge in [-0.1, -0.05) is 12.1 Å². The van der Waals surface area contributed by atoms with E-state index in [2.05, 4.69) is 38.6 Å². The van der Waals surface area contributed by atoms with Crippen LogP contribution in [0.25, 0.3) is 0 Å². The molecule has 0 bridgehead atoms. The maximum atomic E-state index is 11.9. The minimum Gasteiger partial charge on any atom is -0.355 e. The van der Waals surface area contributed by atoms with Crippen molar-refractivity contribution < 1.29 is 4.79 Å². The highest BCUT2D eigenvalue weighted by atomic mass is 32.1. The maximum Gasteiger partial charge on any atom is 0.251 e. The summed E-state index contributed by atoms with van der Waals surface area (Å²) in [6.45, 7) is 5.94. The molecule has 1 saturated heterocycles. The smallest absolute Gasteiger partial charge is 0.251 e. The summed E-state index contributed by atoms with van der Waals surface area (Å²) in [5.74, 6) is -0.0369. The van der Waals surface area contributed by atoms with E-state index in [1.807, 2.05) is 25.1 Å². The topological polar surface area (TPSA) is 48.5 Å². The fraction of sp³-hybridized carbons (Fsp3) is 0.444. The Kier molecular flexibility index (Phi) is 5.28. The lowest BCUT2D eigenvalue weighted by Gasteiger charge is -2.39. The molecule has 0 spiro atoms. The van der Waals surface area contributed by atoms with Crippen LogP contribution in [0.15, 0.2) is 29.6 Å². The van der Waals surface area contributed by atoms with Crippen LogP contribution in [0.2, 0.25) is 0 Å². The summed E-state index contributed by atoms with van der Waals surface area (Å²) in [6, 6.07) is 8.25. The molecule has 1 aliphatic heterocycles. The molecule has 6 heteroatoms. The standard InChI is InChI=1S/C18H24N4OS/c1-13-20-16(12-24-13)10-22-8-7-21(3)17(11-22)14-5-4-6-15(9-14)18(23)19-2/h4-6,9,12,17H,7-8,10-11H2,1-3H3,(H,19,23)/t17-/m0/s1.